The number of carbonyl (C=O) groups excluding carboxylic acids is 3. The third kappa shape index (κ3) is 7.45. The molecule has 2 N–H and O–H groups in total. The minimum Gasteiger partial charge on any atom is -0.321 e. The molecule has 4 aromatic carbocycles. The monoisotopic (exact) mass is 562 g/mol. The van der Waals surface area contributed by atoms with Crippen LogP contribution in [0.25, 0.3) is 12.2 Å². The number of nitrogens with one attached hydrogen (secondary N) is 2. The second kappa shape index (κ2) is 13.2. The van der Waals surface area contributed by atoms with Crippen molar-refractivity contribution < 1.29 is 24.2 Å². The van der Waals surface area contributed by atoms with Crippen LogP contribution >= 0.6 is 0 Å². The first-order valence-corrected chi connectivity index (χ1v) is 12.4. The number of ketones is 1. The number of anilines is 1. The van der Waals surface area contributed by atoms with Crippen LogP contribution in [-0.4, -0.2) is 27.4 Å². The van der Waals surface area contributed by atoms with Crippen LogP contribution in [0.4, 0.5) is 17.1 Å². The van der Waals surface area contributed by atoms with E-state index in [1.54, 1.807) is 36.4 Å². The number of non-ortho nitro benzene ring substituents is 1. The fraction of sp³-hybridized carbons (Fsp3) is 0. The van der Waals surface area contributed by atoms with Gasteiger partial charge in [0, 0.05) is 35.0 Å². The molecule has 0 aliphatic carbocycles. The molecule has 208 valence electrons. The zero-order chi connectivity index (χ0) is 30.1. The zero-order valence-corrected chi connectivity index (χ0v) is 21.8. The standard InChI is InChI=1S/C31H22N4O7/c36-29(19-14-22-6-4-5-9-28(22)35(41)42)23-12-15-25(16-13-23)32-31(38)27(33-30(37)24-7-2-1-3-8-24)20-21-10-17-26(18-11-21)34(39)40/h1-20H,(H,32,38)(H,33,37)/b19-14+,27-20-. The number of nitrogens with zero attached hydrogens (tertiary/aromatic N) is 2. The quantitative estimate of drug-likeness (QED) is 0.107. The third-order valence-electron chi connectivity index (χ3n) is 5.92. The smallest absolute Gasteiger partial charge is 0.276 e. The molecule has 2 amide bonds. The molecule has 0 unspecified atom stereocenters. The van der Waals surface area contributed by atoms with Crippen molar-refractivity contribution in [3.8, 4) is 0 Å². The van der Waals surface area contributed by atoms with Gasteiger partial charge in [0.2, 0.25) is 0 Å². The highest BCUT2D eigenvalue weighted by Crippen LogP contribution is 2.20. The molecule has 0 saturated carbocycles. The Bertz CT molecular complexity index is 1710. The second-order valence-electron chi connectivity index (χ2n) is 8.77. The minimum atomic E-state index is -0.673. The van der Waals surface area contributed by atoms with E-state index in [0.717, 1.165) is 0 Å². The molecule has 0 aliphatic rings. The largest absolute Gasteiger partial charge is 0.321 e. The Balaban J connectivity index is 1.51. The number of para-hydroxylation sites is 1. The molecule has 0 spiro atoms. The summed E-state index contributed by atoms with van der Waals surface area (Å²) < 4.78 is 0. The van der Waals surface area contributed by atoms with Gasteiger partial charge in [-0.05, 0) is 78.4 Å². The second-order valence-corrected chi connectivity index (χ2v) is 8.77. The maximum Gasteiger partial charge on any atom is 0.276 e. The summed E-state index contributed by atoms with van der Waals surface area (Å²) in [6.45, 7) is 0. The van der Waals surface area contributed by atoms with Gasteiger partial charge in [0.1, 0.15) is 5.70 Å². The zero-order valence-electron chi connectivity index (χ0n) is 21.8. The van der Waals surface area contributed by atoms with Gasteiger partial charge in [0.25, 0.3) is 23.2 Å². The predicted molar refractivity (Wildman–Crippen MR) is 157 cm³/mol. The average molecular weight is 563 g/mol. The average Bonchev–Trinajstić information content (AvgIpc) is 3.00. The summed E-state index contributed by atoms with van der Waals surface area (Å²) >= 11 is 0. The van der Waals surface area contributed by atoms with Gasteiger partial charge in [0.05, 0.1) is 15.4 Å². The molecule has 4 rings (SSSR count). The number of hydrogen-bond donors (Lipinski definition) is 2. The molecule has 0 bridgehead atoms. The highest BCUT2D eigenvalue weighted by Gasteiger charge is 2.16. The molecule has 0 atom stereocenters. The topological polar surface area (TPSA) is 162 Å². The summed E-state index contributed by atoms with van der Waals surface area (Å²) in [5, 5.41) is 27.4. The van der Waals surface area contributed by atoms with Gasteiger partial charge in [-0.15, -0.1) is 0 Å². The molecule has 42 heavy (non-hydrogen) atoms. The summed E-state index contributed by atoms with van der Waals surface area (Å²) in [7, 11) is 0. The van der Waals surface area contributed by atoms with Crippen LogP contribution in [0.3, 0.4) is 0 Å². The maximum atomic E-state index is 13.2. The summed E-state index contributed by atoms with van der Waals surface area (Å²) in [6, 6.07) is 25.7. The van der Waals surface area contributed by atoms with Crippen LogP contribution in [0.2, 0.25) is 0 Å². The molecule has 4 aromatic rings. The van der Waals surface area contributed by atoms with Crippen LogP contribution in [0.5, 0.6) is 0 Å². The van der Waals surface area contributed by atoms with Crippen molar-refractivity contribution in [1.82, 2.24) is 5.32 Å². The first kappa shape index (κ1) is 28.8. The van der Waals surface area contributed by atoms with Crippen molar-refractivity contribution >= 4 is 46.8 Å². The Morgan fingerprint density at radius 3 is 1.98 bits per heavy atom. The van der Waals surface area contributed by atoms with Crippen molar-refractivity contribution in [3.63, 3.8) is 0 Å². The highest BCUT2D eigenvalue weighted by atomic mass is 16.6. The van der Waals surface area contributed by atoms with E-state index in [0.29, 0.717) is 16.8 Å². The lowest BCUT2D eigenvalue weighted by molar-refractivity contribution is -0.385. The molecular weight excluding hydrogens is 540 g/mol. The summed E-state index contributed by atoms with van der Waals surface area (Å²) in [5.74, 6) is -1.61. The van der Waals surface area contributed by atoms with E-state index in [4.69, 9.17) is 0 Å². The Hall–Kier alpha value is -6.23. The molecule has 0 aromatic heterocycles. The third-order valence-corrected chi connectivity index (χ3v) is 5.92. The predicted octanol–water partition coefficient (Wildman–Crippen LogP) is 5.81. The van der Waals surface area contributed by atoms with E-state index in [9.17, 15) is 34.6 Å². The number of nitro benzene ring substituents is 2. The number of benzene rings is 4. The van der Waals surface area contributed by atoms with Crippen LogP contribution in [0.15, 0.2) is 115 Å². The van der Waals surface area contributed by atoms with Crippen LogP contribution in [0, 0.1) is 20.2 Å². The fourth-order valence-electron chi connectivity index (χ4n) is 3.77. The number of rotatable bonds is 10. The van der Waals surface area contributed by atoms with Crippen molar-refractivity contribution in [2.75, 3.05) is 5.32 Å². The Kier molecular flexibility index (Phi) is 9.05. The molecule has 11 nitrogen and oxygen atoms in total. The SMILES string of the molecule is O=C(Nc1ccc(C(=O)/C=C/c2ccccc2[N+](=O)[O-])cc1)/C(=C/c1ccc([N+](=O)[O-])cc1)NC(=O)c1ccccc1. The van der Waals surface area contributed by atoms with Gasteiger partial charge in [-0.25, -0.2) is 0 Å². The lowest BCUT2D eigenvalue weighted by Gasteiger charge is -2.12. The van der Waals surface area contributed by atoms with Gasteiger partial charge >= 0.3 is 0 Å². The van der Waals surface area contributed by atoms with Crippen molar-refractivity contribution in [2.24, 2.45) is 0 Å². The Morgan fingerprint density at radius 1 is 0.690 bits per heavy atom. The van der Waals surface area contributed by atoms with Crippen LogP contribution in [0.1, 0.15) is 31.8 Å². The molecule has 11 heteroatoms. The Morgan fingerprint density at radius 2 is 1.33 bits per heavy atom. The number of carbonyl (C=O) groups is 3. The molecule has 0 aliphatic heterocycles. The first-order valence-electron chi connectivity index (χ1n) is 12.4. The lowest BCUT2D eigenvalue weighted by Crippen LogP contribution is -2.30. The maximum absolute atomic E-state index is 13.2. The molecular formula is C31H22N4O7. The number of allylic oxidation sites excluding steroid dienone is 1. The van der Waals surface area contributed by atoms with E-state index >= 15 is 0 Å². The van der Waals surface area contributed by atoms with E-state index in [1.807, 2.05) is 0 Å². The van der Waals surface area contributed by atoms with E-state index in [1.165, 1.54) is 85.0 Å². The van der Waals surface area contributed by atoms with Gasteiger partial charge in [-0.2, -0.15) is 0 Å². The molecule has 0 heterocycles. The number of amides is 2. The molecule has 0 fully saturated rings. The van der Waals surface area contributed by atoms with Gasteiger partial charge in [0.15, 0.2) is 5.78 Å². The van der Waals surface area contributed by atoms with Gasteiger partial charge in [-0.1, -0.05) is 30.3 Å². The van der Waals surface area contributed by atoms with Crippen molar-refractivity contribution in [3.05, 3.63) is 157 Å². The highest BCUT2D eigenvalue weighted by molar-refractivity contribution is 6.11. The fourth-order valence-corrected chi connectivity index (χ4v) is 3.77. The number of hydrogen-bond acceptors (Lipinski definition) is 7. The summed E-state index contributed by atoms with van der Waals surface area (Å²) in [4.78, 5) is 59.7. The number of nitro groups is 2. The van der Waals surface area contributed by atoms with Crippen LogP contribution < -0.4 is 10.6 Å². The minimum absolute atomic E-state index is 0.120. The normalized spacial score (nSPS) is 11.1. The summed E-state index contributed by atoms with van der Waals surface area (Å²) in [5.41, 5.74) is 1.26. The lowest BCUT2D eigenvalue weighted by atomic mass is 10.1. The summed E-state index contributed by atoms with van der Waals surface area (Å²) in [6.07, 6.45) is 3.96. The first-order chi connectivity index (χ1) is 20.2. The van der Waals surface area contributed by atoms with Crippen molar-refractivity contribution in [2.45, 2.75) is 0 Å². The Labute approximate surface area is 239 Å². The molecule has 0 saturated heterocycles. The van der Waals surface area contributed by atoms with E-state index < -0.39 is 27.4 Å². The van der Waals surface area contributed by atoms with Gasteiger partial charge < -0.3 is 10.6 Å². The van der Waals surface area contributed by atoms with E-state index in [-0.39, 0.29) is 28.2 Å². The van der Waals surface area contributed by atoms with Crippen LogP contribution in [-0.2, 0) is 4.79 Å². The molecule has 0 radical (unpaired) electrons. The van der Waals surface area contributed by atoms with E-state index in [2.05, 4.69) is 10.6 Å². The van der Waals surface area contributed by atoms with Crippen molar-refractivity contribution in [1.29, 1.82) is 0 Å². The van der Waals surface area contributed by atoms with Gasteiger partial charge in [-0.3, -0.25) is 34.6 Å².